The summed E-state index contributed by atoms with van der Waals surface area (Å²) in [4.78, 5) is 13.3. The molecule has 0 aliphatic rings. The van der Waals surface area contributed by atoms with E-state index in [0.29, 0.717) is 15.7 Å². The molecule has 28 heavy (non-hydrogen) atoms. The Labute approximate surface area is 175 Å². The summed E-state index contributed by atoms with van der Waals surface area (Å²) in [6, 6.07) is 11.5. The van der Waals surface area contributed by atoms with Crippen molar-refractivity contribution >= 4 is 39.2 Å². The number of carbonyl (C=O) groups is 1. The fourth-order valence-electron chi connectivity index (χ4n) is 2.39. The van der Waals surface area contributed by atoms with Crippen molar-refractivity contribution in [3.05, 3.63) is 47.5 Å². The van der Waals surface area contributed by atoms with Crippen LogP contribution in [0.2, 0.25) is 5.02 Å². The SMILES string of the molecule is CCS(=O)(=O)c1ccc(Sc2cc(Cl)ccc2OC(C(=O)O)C(C)(C)C)cc1. The van der Waals surface area contributed by atoms with Crippen molar-refractivity contribution in [3.8, 4) is 5.75 Å². The number of benzene rings is 2. The average molecular weight is 443 g/mol. The van der Waals surface area contributed by atoms with Crippen LogP contribution in [0, 0.1) is 5.41 Å². The van der Waals surface area contributed by atoms with Crippen molar-refractivity contribution in [2.24, 2.45) is 5.41 Å². The van der Waals surface area contributed by atoms with Crippen LogP contribution in [0.1, 0.15) is 27.7 Å². The number of hydrogen-bond acceptors (Lipinski definition) is 5. The van der Waals surface area contributed by atoms with E-state index in [0.717, 1.165) is 4.90 Å². The van der Waals surface area contributed by atoms with Gasteiger partial charge >= 0.3 is 5.97 Å². The molecule has 0 aliphatic carbocycles. The van der Waals surface area contributed by atoms with Gasteiger partial charge in [0.2, 0.25) is 0 Å². The minimum atomic E-state index is -3.26. The predicted octanol–water partition coefficient (Wildman–Crippen LogP) is 5.16. The summed E-state index contributed by atoms with van der Waals surface area (Å²) < 4.78 is 29.7. The van der Waals surface area contributed by atoms with Crippen LogP contribution in [-0.2, 0) is 14.6 Å². The van der Waals surface area contributed by atoms with Gasteiger partial charge in [0.15, 0.2) is 15.9 Å². The fraction of sp³-hybridized carbons (Fsp3) is 0.350. The third-order valence-electron chi connectivity index (χ3n) is 3.95. The van der Waals surface area contributed by atoms with Gasteiger partial charge in [0, 0.05) is 15.3 Å². The van der Waals surface area contributed by atoms with Crippen LogP contribution >= 0.6 is 23.4 Å². The predicted molar refractivity (Wildman–Crippen MR) is 111 cm³/mol. The summed E-state index contributed by atoms with van der Waals surface area (Å²) in [5, 5.41) is 10.0. The number of hydrogen-bond donors (Lipinski definition) is 1. The Bertz CT molecular complexity index is 948. The zero-order valence-corrected chi connectivity index (χ0v) is 18.5. The molecular weight excluding hydrogens is 420 g/mol. The Kier molecular flexibility index (Phi) is 7.07. The third-order valence-corrected chi connectivity index (χ3v) is 6.98. The molecule has 1 atom stereocenters. The van der Waals surface area contributed by atoms with E-state index >= 15 is 0 Å². The van der Waals surface area contributed by atoms with Crippen LogP contribution in [0.3, 0.4) is 0 Å². The van der Waals surface area contributed by atoms with Crippen molar-refractivity contribution < 1.29 is 23.1 Å². The van der Waals surface area contributed by atoms with Crippen molar-refractivity contribution in [1.82, 2.24) is 0 Å². The minimum absolute atomic E-state index is 0.0369. The molecule has 2 aromatic rings. The van der Waals surface area contributed by atoms with Gasteiger partial charge in [-0.3, -0.25) is 0 Å². The highest BCUT2D eigenvalue weighted by Gasteiger charge is 2.34. The third kappa shape index (κ3) is 5.65. The Morgan fingerprint density at radius 1 is 1.18 bits per heavy atom. The molecule has 152 valence electrons. The Hall–Kier alpha value is -1.70. The van der Waals surface area contributed by atoms with E-state index in [1.165, 1.54) is 11.8 Å². The molecule has 1 N–H and O–H groups in total. The van der Waals surface area contributed by atoms with Gasteiger partial charge in [-0.05, 0) is 42.5 Å². The maximum atomic E-state index is 11.9. The standard InChI is InChI=1S/C20H23ClO5S2/c1-5-28(24,25)15-9-7-14(8-10-15)27-17-12-13(21)6-11-16(17)26-18(19(22)23)20(2,3)4/h6-12,18H,5H2,1-4H3,(H,22,23). The van der Waals surface area contributed by atoms with Gasteiger partial charge in [-0.15, -0.1) is 0 Å². The fourth-order valence-corrected chi connectivity index (χ4v) is 4.44. The van der Waals surface area contributed by atoms with E-state index in [1.807, 2.05) is 0 Å². The first-order valence-electron chi connectivity index (χ1n) is 8.63. The van der Waals surface area contributed by atoms with Crippen molar-refractivity contribution in [1.29, 1.82) is 0 Å². The minimum Gasteiger partial charge on any atom is -0.478 e. The normalized spacial score (nSPS) is 13.2. The lowest BCUT2D eigenvalue weighted by atomic mass is 9.89. The first-order valence-corrected chi connectivity index (χ1v) is 11.5. The molecule has 1 unspecified atom stereocenters. The first-order chi connectivity index (χ1) is 12.9. The largest absolute Gasteiger partial charge is 0.478 e. The number of aliphatic carboxylic acids is 1. The molecule has 0 fully saturated rings. The summed E-state index contributed by atoms with van der Waals surface area (Å²) in [5.41, 5.74) is -0.608. The van der Waals surface area contributed by atoms with Gasteiger partial charge in [0.1, 0.15) is 5.75 Å². The quantitative estimate of drug-likeness (QED) is 0.637. The molecule has 2 aromatic carbocycles. The summed E-state index contributed by atoms with van der Waals surface area (Å²) in [5.74, 6) is -0.607. The van der Waals surface area contributed by atoms with Crippen molar-refractivity contribution in [3.63, 3.8) is 0 Å². The van der Waals surface area contributed by atoms with E-state index in [4.69, 9.17) is 16.3 Å². The maximum absolute atomic E-state index is 11.9. The van der Waals surface area contributed by atoms with E-state index < -0.39 is 27.3 Å². The number of sulfone groups is 1. The Balaban J connectivity index is 2.34. The van der Waals surface area contributed by atoms with Crippen molar-refractivity contribution in [2.45, 2.75) is 48.5 Å². The number of carboxylic acid groups (broad SMARTS) is 1. The molecule has 0 saturated heterocycles. The molecule has 0 spiro atoms. The molecule has 0 radical (unpaired) electrons. The lowest BCUT2D eigenvalue weighted by Crippen LogP contribution is -2.39. The zero-order valence-electron chi connectivity index (χ0n) is 16.1. The van der Waals surface area contributed by atoms with E-state index in [1.54, 1.807) is 70.2 Å². The number of carboxylic acids is 1. The molecule has 0 aromatic heterocycles. The number of ether oxygens (including phenoxy) is 1. The summed E-state index contributed by atoms with van der Waals surface area (Å²) in [6.07, 6.45) is -1.04. The monoisotopic (exact) mass is 442 g/mol. The molecule has 2 rings (SSSR count). The summed E-state index contributed by atoms with van der Waals surface area (Å²) in [7, 11) is -3.26. The maximum Gasteiger partial charge on any atom is 0.345 e. The van der Waals surface area contributed by atoms with Crippen LogP contribution in [0.5, 0.6) is 5.75 Å². The summed E-state index contributed by atoms with van der Waals surface area (Å²) in [6.45, 7) is 6.98. The van der Waals surface area contributed by atoms with E-state index in [-0.39, 0.29) is 10.6 Å². The van der Waals surface area contributed by atoms with E-state index in [2.05, 4.69) is 0 Å². The number of halogens is 1. The molecular formula is C20H23ClO5S2. The second-order valence-corrected chi connectivity index (χ2v) is 11.1. The topological polar surface area (TPSA) is 80.7 Å². The molecule has 0 aliphatic heterocycles. The molecule has 0 heterocycles. The lowest BCUT2D eigenvalue weighted by Gasteiger charge is -2.28. The van der Waals surface area contributed by atoms with Gasteiger partial charge < -0.3 is 9.84 Å². The highest BCUT2D eigenvalue weighted by Crippen LogP contribution is 2.39. The Morgan fingerprint density at radius 2 is 1.79 bits per heavy atom. The molecule has 5 nitrogen and oxygen atoms in total. The second-order valence-electron chi connectivity index (χ2n) is 7.27. The van der Waals surface area contributed by atoms with Crippen LogP contribution < -0.4 is 4.74 Å². The second kappa shape index (κ2) is 8.76. The van der Waals surface area contributed by atoms with Crippen LogP contribution in [0.25, 0.3) is 0 Å². The average Bonchev–Trinajstić information content (AvgIpc) is 2.60. The summed E-state index contributed by atoms with van der Waals surface area (Å²) >= 11 is 7.43. The first kappa shape index (κ1) is 22.6. The highest BCUT2D eigenvalue weighted by molar-refractivity contribution is 7.99. The lowest BCUT2D eigenvalue weighted by molar-refractivity contribution is -0.150. The van der Waals surface area contributed by atoms with Gasteiger partial charge in [-0.2, -0.15) is 0 Å². The molecule has 0 bridgehead atoms. The smallest absolute Gasteiger partial charge is 0.345 e. The van der Waals surface area contributed by atoms with Gasteiger partial charge in [-0.1, -0.05) is 51.1 Å². The van der Waals surface area contributed by atoms with Gasteiger partial charge in [-0.25, -0.2) is 13.2 Å². The van der Waals surface area contributed by atoms with Crippen molar-refractivity contribution in [2.75, 3.05) is 5.75 Å². The number of rotatable bonds is 7. The van der Waals surface area contributed by atoms with Crippen LogP contribution in [-0.4, -0.2) is 31.4 Å². The molecule has 0 saturated carbocycles. The zero-order chi connectivity index (χ0) is 21.1. The van der Waals surface area contributed by atoms with Crippen LogP contribution in [0.15, 0.2) is 57.2 Å². The molecule has 8 heteroatoms. The highest BCUT2D eigenvalue weighted by atomic mass is 35.5. The van der Waals surface area contributed by atoms with E-state index in [9.17, 15) is 18.3 Å². The molecule has 0 amide bonds. The van der Waals surface area contributed by atoms with Gasteiger partial charge in [0.05, 0.1) is 15.5 Å². The van der Waals surface area contributed by atoms with Crippen LogP contribution in [0.4, 0.5) is 0 Å². The Morgan fingerprint density at radius 3 is 2.29 bits per heavy atom. The van der Waals surface area contributed by atoms with Gasteiger partial charge in [0.25, 0.3) is 0 Å².